The topological polar surface area (TPSA) is 76.7 Å². The fourth-order valence-electron chi connectivity index (χ4n) is 0.924. The van der Waals surface area contributed by atoms with Gasteiger partial charge in [-0.25, -0.2) is 15.0 Å². The van der Waals surface area contributed by atoms with Gasteiger partial charge in [-0.05, 0) is 0 Å². The largest absolute Gasteiger partial charge is 0.396 e. The van der Waals surface area contributed by atoms with E-state index < -0.39 is 0 Å². The van der Waals surface area contributed by atoms with Gasteiger partial charge in [0.05, 0.1) is 24.6 Å². The van der Waals surface area contributed by atoms with Crippen LogP contribution in [0.3, 0.4) is 0 Å². The van der Waals surface area contributed by atoms with Crippen molar-refractivity contribution in [3.8, 4) is 0 Å². The summed E-state index contributed by atoms with van der Waals surface area (Å²) in [5.41, 5.74) is 6.01. The van der Waals surface area contributed by atoms with Crippen molar-refractivity contribution in [1.29, 1.82) is 0 Å². The Morgan fingerprint density at radius 3 is 2.71 bits per heavy atom. The molecular formula is C8H9N5S. The zero-order valence-corrected chi connectivity index (χ0v) is 8.16. The molecule has 0 saturated carbocycles. The summed E-state index contributed by atoms with van der Waals surface area (Å²) in [5, 5.41) is 5.98. The van der Waals surface area contributed by atoms with E-state index in [0.29, 0.717) is 18.2 Å². The van der Waals surface area contributed by atoms with Gasteiger partial charge in [0, 0.05) is 11.6 Å². The van der Waals surface area contributed by atoms with E-state index in [4.69, 9.17) is 5.73 Å². The summed E-state index contributed by atoms with van der Waals surface area (Å²) < 4.78 is 0. The Labute approximate surface area is 85.0 Å². The molecule has 2 aromatic rings. The highest BCUT2D eigenvalue weighted by Gasteiger charge is 1.97. The van der Waals surface area contributed by atoms with Crippen molar-refractivity contribution in [3.63, 3.8) is 0 Å². The van der Waals surface area contributed by atoms with Gasteiger partial charge in [0.2, 0.25) is 5.95 Å². The first kappa shape index (κ1) is 8.89. The van der Waals surface area contributed by atoms with Crippen LogP contribution in [0.5, 0.6) is 0 Å². The highest BCUT2D eigenvalue weighted by Crippen LogP contribution is 2.06. The van der Waals surface area contributed by atoms with Gasteiger partial charge < -0.3 is 11.1 Å². The molecule has 2 heterocycles. The normalized spacial score (nSPS) is 10.0. The minimum Gasteiger partial charge on any atom is -0.396 e. The van der Waals surface area contributed by atoms with Gasteiger partial charge in [-0.1, -0.05) is 0 Å². The fourth-order valence-corrected chi connectivity index (χ4v) is 1.48. The molecule has 2 aromatic heterocycles. The van der Waals surface area contributed by atoms with E-state index in [1.54, 1.807) is 29.9 Å². The highest BCUT2D eigenvalue weighted by molar-refractivity contribution is 7.09. The lowest BCUT2D eigenvalue weighted by molar-refractivity contribution is 1.04. The summed E-state index contributed by atoms with van der Waals surface area (Å²) in [5.74, 6) is 0.564. The third-order valence-electron chi connectivity index (χ3n) is 1.55. The summed E-state index contributed by atoms with van der Waals surface area (Å²) in [6.45, 7) is 0.640. The molecular weight excluding hydrogens is 198 g/mol. The average Bonchev–Trinajstić information content (AvgIpc) is 2.70. The zero-order valence-electron chi connectivity index (χ0n) is 7.34. The summed E-state index contributed by atoms with van der Waals surface area (Å²) >= 11 is 1.59. The summed E-state index contributed by atoms with van der Waals surface area (Å²) in [6.07, 6.45) is 4.90. The van der Waals surface area contributed by atoms with Crippen LogP contribution in [0.4, 0.5) is 11.6 Å². The van der Waals surface area contributed by atoms with Crippen molar-refractivity contribution in [1.82, 2.24) is 15.0 Å². The van der Waals surface area contributed by atoms with Crippen LogP contribution in [0, 0.1) is 0 Å². The fraction of sp³-hybridized carbons (Fsp3) is 0.125. The zero-order chi connectivity index (χ0) is 9.80. The van der Waals surface area contributed by atoms with Gasteiger partial charge in [-0.3, -0.25) is 0 Å². The van der Waals surface area contributed by atoms with E-state index in [1.807, 2.05) is 5.38 Å². The molecule has 0 aromatic carbocycles. The predicted octanol–water partition coefficient (Wildman–Crippen LogP) is 1.13. The smallest absolute Gasteiger partial charge is 0.223 e. The number of nitrogens with zero attached hydrogens (tertiary/aromatic N) is 3. The number of nitrogens with two attached hydrogens (primary N) is 1. The average molecular weight is 207 g/mol. The van der Waals surface area contributed by atoms with E-state index >= 15 is 0 Å². The first-order valence-corrected chi connectivity index (χ1v) is 4.92. The van der Waals surface area contributed by atoms with Crippen molar-refractivity contribution < 1.29 is 0 Å². The lowest BCUT2D eigenvalue weighted by Gasteiger charge is -2.01. The van der Waals surface area contributed by atoms with E-state index in [9.17, 15) is 0 Å². The Balaban J connectivity index is 1.95. The molecule has 0 spiro atoms. The van der Waals surface area contributed by atoms with Crippen LogP contribution in [0.1, 0.15) is 5.01 Å². The number of rotatable bonds is 3. The lowest BCUT2D eigenvalue weighted by atomic mass is 10.5. The minimum absolute atomic E-state index is 0.560. The van der Waals surface area contributed by atoms with E-state index in [0.717, 1.165) is 5.01 Å². The van der Waals surface area contributed by atoms with Crippen LogP contribution in [-0.4, -0.2) is 15.0 Å². The molecule has 5 nitrogen and oxygen atoms in total. The molecule has 72 valence electrons. The van der Waals surface area contributed by atoms with Crippen LogP contribution in [0.15, 0.2) is 24.0 Å². The van der Waals surface area contributed by atoms with Crippen LogP contribution in [0.25, 0.3) is 0 Å². The monoisotopic (exact) mass is 207 g/mol. The summed E-state index contributed by atoms with van der Waals surface area (Å²) in [7, 11) is 0. The second-order valence-electron chi connectivity index (χ2n) is 2.62. The van der Waals surface area contributed by atoms with Gasteiger partial charge >= 0.3 is 0 Å². The molecule has 0 bridgehead atoms. The number of hydrogen-bond acceptors (Lipinski definition) is 6. The van der Waals surface area contributed by atoms with Crippen LogP contribution in [0.2, 0.25) is 0 Å². The second-order valence-corrected chi connectivity index (χ2v) is 3.60. The Bertz CT molecular complexity index is 383. The Morgan fingerprint density at radius 2 is 2.07 bits per heavy atom. The molecule has 0 saturated heterocycles. The number of thiazole rings is 1. The number of nitrogen functional groups attached to an aromatic ring is 1. The maximum absolute atomic E-state index is 5.45. The molecule has 0 aliphatic heterocycles. The van der Waals surface area contributed by atoms with Crippen molar-refractivity contribution in [2.45, 2.75) is 6.54 Å². The van der Waals surface area contributed by atoms with Gasteiger partial charge in [0.15, 0.2) is 0 Å². The van der Waals surface area contributed by atoms with Gasteiger partial charge in [-0.15, -0.1) is 11.3 Å². The van der Waals surface area contributed by atoms with Gasteiger partial charge in [0.25, 0.3) is 0 Å². The molecule has 0 unspecified atom stereocenters. The third kappa shape index (κ3) is 2.17. The van der Waals surface area contributed by atoms with Crippen LogP contribution >= 0.6 is 11.3 Å². The number of anilines is 2. The number of aromatic nitrogens is 3. The predicted molar refractivity (Wildman–Crippen MR) is 55.9 cm³/mol. The summed E-state index contributed by atoms with van der Waals surface area (Å²) in [6, 6.07) is 0. The van der Waals surface area contributed by atoms with Gasteiger partial charge in [0.1, 0.15) is 5.01 Å². The number of nitrogens with one attached hydrogen (secondary N) is 1. The molecule has 0 atom stereocenters. The van der Waals surface area contributed by atoms with Crippen LogP contribution in [-0.2, 0) is 6.54 Å². The van der Waals surface area contributed by atoms with E-state index in [-0.39, 0.29) is 0 Å². The Hall–Kier alpha value is -1.69. The van der Waals surface area contributed by atoms with Crippen molar-refractivity contribution in [2.75, 3.05) is 11.1 Å². The molecule has 0 aliphatic carbocycles. The molecule has 0 aliphatic rings. The summed E-state index contributed by atoms with van der Waals surface area (Å²) in [4.78, 5) is 12.1. The van der Waals surface area contributed by atoms with Crippen LogP contribution < -0.4 is 11.1 Å². The first-order chi connectivity index (χ1) is 6.84. The molecule has 0 amide bonds. The minimum atomic E-state index is 0.560. The maximum Gasteiger partial charge on any atom is 0.223 e. The highest BCUT2D eigenvalue weighted by atomic mass is 32.1. The maximum atomic E-state index is 5.45. The van der Waals surface area contributed by atoms with Crippen molar-refractivity contribution in [3.05, 3.63) is 29.0 Å². The molecule has 0 radical (unpaired) electrons. The Kier molecular flexibility index (Phi) is 2.55. The molecule has 2 rings (SSSR count). The second kappa shape index (κ2) is 4.01. The van der Waals surface area contributed by atoms with Gasteiger partial charge in [-0.2, -0.15) is 0 Å². The van der Waals surface area contributed by atoms with Crippen molar-refractivity contribution >= 4 is 23.0 Å². The number of hydrogen-bond donors (Lipinski definition) is 2. The molecule has 6 heteroatoms. The molecule has 0 fully saturated rings. The molecule has 3 N–H and O–H groups in total. The SMILES string of the molecule is Nc1cnc(NCc2nccs2)nc1. The standard InChI is InChI=1S/C8H9N5S/c9-6-3-11-8(12-4-6)13-5-7-10-1-2-14-7/h1-4H,5,9H2,(H,11,12,13). The Morgan fingerprint density at radius 1 is 1.29 bits per heavy atom. The third-order valence-corrected chi connectivity index (χ3v) is 2.33. The van der Waals surface area contributed by atoms with Crippen molar-refractivity contribution in [2.24, 2.45) is 0 Å². The first-order valence-electron chi connectivity index (χ1n) is 4.04. The lowest BCUT2D eigenvalue weighted by Crippen LogP contribution is -2.03. The van der Waals surface area contributed by atoms with E-state index in [2.05, 4.69) is 20.3 Å². The molecule has 14 heavy (non-hydrogen) atoms. The van der Waals surface area contributed by atoms with E-state index in [1.165, 1.54) is 0 Å². The quantitative estimate of drug-likeness (QED) is 0.788.